The molecule has 9 nitrogen and oxygen atoms in total. The molecule has 0 saturated heterocycles. The number of hydrogen-bond donors (Lipinski definition) is 2. The molecule has 3 amide bonds. The minimum atomic E-state index is -0.518. The van der Waals surface area contributed by atoms with Crippen molar-refractivity contribution in [1.82, 2.24) is 20.8 Å². The first-order valence-corrected chi connectivity index (χ1v) is 8.94. The SMILES string of the molecule is CC(C)CNC(=O)NC(=O)CSc1nnc(-c2ccc3c(c2)OCO3)o1. The van der Waals surface area contributed by atoms with E-state index in [0.29, 0.717) is 35.4 Å². The summed E-state index contributed by atoms with van der Waals surface area (Å²) in [6, 6.07) is 4.77. The van der Waals surface area contributed by atoms with Crippen molar-refractivity contribution in [3.05, 3.63) is 18.2 Å². The monoisotopic (exact) mass is 378 g/mol. The van der Waals surface area contributed by atoms with Gasteiger partial charge >= 0.3 is 6.03 Å². The van der Waals surface area contributed by atoms with Gasteiger partial charge in [-0.05, 0) is 24.1 Å². The molecule has 10 heteroatoms. The largest absolute Gasteiger partial charge is 0.454 e. The maximum Gasteiger partial charge on any atom is 0.321 e. The van der Waals surface area contributed by atoms with Crippen LogP contribution in [-0.4, -0.2) is 41.2 Å². The Labute approximate surface area is 153 Å². The number of hydrogen-bond acceptors (Lipinski definition) is 8. The summed E-state index contributed by atoms with van der Waals surface area (Å²) in [6.07, 6.45) is 0. The number of nitrogens with zero attached hydrogens (tertiary/aromatic N) is 2. The highest BCUT2D eigenvalue weighted by Gasteiger charge is 2.17. The molecule has 0 saturated carbocycles. The van der Waals surface area contributed by atoms with Crippen LogP contribution in [0.4, 0.5) is 4.79 Å². The van der Waals surface area contributed by atoms with Gasteiger partial charge in [0, 0.05) is 12.1 Å². The third-order valence-corrected chi connectivity index (χ3v) is 4.09. The van der Waals surface area contributed by atoms with Crippen molar-refractivity contribution in [2.45, 2.75) is 19.1 Å². The van der Waals surface area contributed by atoms with Gasteiger partial charge in [0.05, 0.1) is 5.75 Å². The lowest BCUT2D eigenvalue weighted by Gasteiger charge is -2.07. The second-order valence-corrected chi connectivity index (χ2v) is 6.81. The van der Waals surface area contributed by atoms with Crippen molar-refractivity contribution in [3.63, 3.8) is 0 Å². The van der Waals surface area contributed by atoms with E-state index in [1.54, 1.807) is 18.2 Å². The Bertz CT molecular complexity index is 808. The molecule has 0 radical (unpaired) electrons. The van der Waals surface area contributed by atoms with Gasteiger partial charge in [-0.1, -0.05) is 25.6 Å². The number of urea groups is 1. The van der Waals surface area contributed by atoms with E-state index in [-0.39, 0.29) is 17.8 Å². The van der Waals surface area contributed by atoms with E-state index in [1.807, 2.05) is 13.8 Å². The molecule has 2 aromatic rings. The van der Waals surface area contributed by atoms with E-state index in [9.17, 15) is 9.59 Å². The van der Waals surface area contributed by atoms with Crippen LogP contribution in [0.25, 0.3) is 11.5 Å². The number of rotatable bonds is 6. The molecule has 1 aromatic carbocycles. The Hall–Kier alpha value is -2.75. The molecule has 0 spiro atoms. The van der Waals surface area contributed by atoms with Gasteiger partial charge in [0.15, 0.2) is 11.5 Å². The smallest absolute Gasteiger partial charge is 0.321 e. The number of imide groups is 1. The molecule has 138 valence electrons. The number of thioether (sulfide) groups is 1. The Morgan fingerprint density at radius 1 is 1.23 bits per heavy atom. The van der Waals surface area contributed by atoms with Gasteiger partial charge in [0.25, 0.3) is 5.22 Å². The molecular formula is C16H18N4O5S. The van der Waals surface area contributed by atoms with E-state index in [4.69, 9.17) is 13.9 Å². The van der Waals surface area contributed by atoms with Gasteiger partial charge in [0.1, 0.15) is 0 Å². The summed E-state index contributed by atoms with van der Waals surface area (Å²) in [4.78, 5) is 23.3. The highest BCUT2D eigenvalue weighted by Crippen LogP contribution is 2.35. The van der Waals surface area contributed by atoms with E-state index in [1.165, 1.54) is 0 Å². The van der Waals surface area contributed by atoms with Crippen LogP contribution in [0, 0.1) is 5.92 Å². The molecule has 0 fully saturated rings. The van der Waals surface area contributed by atoms with Crippen molar-refractivity contribution >= 4 is 23.7 Å². The van der Waals surface area contributed by atoms with Gasteiger partial charge < -0.3 is 19.2 Å². The van der Waals surface area contributed by atoms with Gasteiger partial charge in [-0.25, -0.2) is 4.79 Å². The molecule has 0 bridgehead atoms. The lowest BCUT2D eigenvalue weighted by atomic mass is 10.2. The lowest BCUT2D eigenvalue weighted by molar-refractivity contribution is -0.117. The molecule has 1 aliphatic heterocycles. The van der Waals surface area contributed by atoms with Gasteiger partial charge in [-0.15, -0.1) is 10.2 Å². The zero-order chi connectivity index (χ0) is 18.5. The number of ether oxygens (including phenoxy) is 2. The number of nitrogens with one attached hydrogen (secondary N) is 2. The van der Waals surface area contributed by atoms with Crippen molar-refractivity contribution in [2.24, 2.45) is 5.92 Å². The molecule has 2 heterocycles. The molecule has 0 aliphatic carbocycles. The normalized spacial score (nSPS) is 12.3. The summed E-state index contributed by atoms with van der Waals surface area (Å²) >= 11 is 1.05. The minimum absolute atomic E-state index is 0.0160. The summed E-state index contributed by atoms with van der Waals surface area (Å²) in [7, 11) is 0. The van der Waals surface area contributed by atoms with Crippen LogP contribution in [0.5, 0.6) is 11.5 Å². The fraction of sp³-hybridized carbons (Fsp3) is 0.375. The Balaban J connectivity index is 1.51. The topological polar surface area (TPSA) is 116 Å². The first kappa shape index (κ1) is 18.1. The molecule has 26 heavy (non-hydrogen) atoms. The van der Waals surface area contributed by atoms with Gasteiger partial charge in [-0.3, -0.25) is 10.1 Å². The van der Waals surface area contributed by atoms with Crippen LogP contribution in [0.3, 0.4) is 0 Å². The quantitative estimate of drug-likeness (QED) is 0.734. The van der Waals surface area contributed by atoms with Gasteiger partial charge in [-0.2, -0.15) is 0 Å². The molecule has 0 unspecified atom stereocenters. The third kappa shape index (κ3) is 4.66. The van der Waals surface area contributed by atoms with E-state index in [0.717, 1.165) is 11.8 Å². The standard InChI is InChI=1S/C16H18N4O5S/c1-9(2)6-17-15(22)18-13(21)7-26-16-20-19-14(25-16)10-3-4-11-12(5-10)24-8-23-11/h3-5,9H,6-8H2,1-2H3,(H2,17,18,21,22). The first-order valence-electron chi connectivity index (χ1n) is 7.95. The fourth-order valence-corrected chi connectivity index (χ4v) is 2.61. The van der Waals surface area contributed by atoms with Crippen molar-refractivity contribution in [3.8, 4) is 23.0 Å². The highest BCUT2D eigenvalue weighted by molar-refractivity contribution is 7.99. The maximum atomic E-state index is 11.8. The molecule has 1 aromatic heterocycles. The number of fused-ring (bicyclic) bond motifs is 1. The van der Waals surface area contributed by atoms with Crippen LogP contribution >= 0.6 is 11.8 Å². The number of carbonyl (C=O) groups excluding carboxylic acids is 2. The van der Waals surface area contributed by atoms with Crippen LogP contribution in [0.15, 0.2) is 27.8 Å². The van der Waals surface area contributed by atoms with E-state index < -0.39 is 11.9 Å². The van der Waals surface area contributed by atoms with Crippen molar-refractivity contribution < 1.29 is 23.5 Å². The second kappa shape index (κ2) is 8.09. The van der Waals surface area contributed by atoms with Crippen LogP contribution < -0.4 is 20.1 Å². The fourth-order valence-electron chi connectivity index (χ4n) is 2.05. The average molecular weight is 378 g/mol. The Morgan fingerprint density at radius 3 is 2.85 bits per heavy atom. The van der Waals surface area contributed by atoms with E-state index >= 15 is 0 Å². The first-order chi connectivity index (χ1) is 12.5. The summed E-state index contributed by atoms with van der Waals surface area (Å²) in [6.45, 7) is 4.61. The summed E-state index contributed by atoms with van der Waals surface area (Å²) in [5, 5.41) is 12.9. The van der Waals surface area contributed by atoms with Crippen molar-refractivity contribution in [1.29, 1.82) is 0 Å². The van der Waals surface area contributed by atoms with E-state index in [2.05, 4.69) is 20.8 Å². The number of benzene rings is 1. The number of carbonyl (C=O) groups is 2. The summed E-state index contributed by atoms with van der Waals surface area (Å²) in [5.74, 6) is 1.42. The molecule has 1 aliphatic rings. The Kier molecular flexibility index (Phi) is 5.61. The molecule has 0 atom stereocenters. The zero-order valence-electron chi connectivity index (χ0n) is 14.3. The predicted octanol–water partition coefficient (Wildman–Crippen LogP) is 2.04. The van der Waals surface area contributed by atoms with Crippen LogP contribution in [0.1, 0.15) is 13.8 Å². The number of amides is 3. The van der Waals surface area contributed by atoms with Gasteiger partial charge in [0.2, 0.25) is 18.6 Å². The van der Waals surface area contributed by atoms with Crippen molar-refractivity contribution in [2.75, 3.05) is 19.1 Å². The highest BCUT2D eigenvalue weighted by atomic mass is 32.2. The van der Waals surface area contributed by atoms with Crippen LogP contribution in [-0.2, 0) is 4.79 Å². The second-order valence-electron chi connectivity index (χ2n) is 5.88. The zero-order valence-corrected chi connectivity index (χ0v) is 15.1. The predicted molar refractivity (Wildman–Crippen MR) is 93.0 cm³/mol. The number of aromatic nitrogens is 2. The summed E-state index contributed by atoms with van der Waals surface area (Å²) in [5.41, 5.74) is 0.686. The average Bonchev–Trinajstić information content (AvgIpc) is 3.26. The molecular weight excluding hydrogens is 360 g/mol. The molecule has 3 rings (SSSR count). The lowest BCUT2D eigenvalue weighted by Crippen LogP contribution is -2.41. The third-order valence-electron chi connectivity index (χ3n) is 3.28. The van der Waals surface area contributed by atoms with Crippen LogP contribution in [0.2, 0.25) is 0 Å². The molecule has 2 N–H and O–H groups in total. The Morgan fingerprint density at radius 2 is 2.04 bits per heavy atom. The maximum absolute atomic E-state index is 11.8. The minimum Gasteiger partial charge on any atom is -0.454 e. The summed E-state index contributed by atoms with van der Waals surface area (Å²) < 4.78 is 16.1.